The molecule has 0 aliphatic heterocycles. The molecular weight excluding hydrogens is 324 g/mol. The van der Waals surface area contributed by atoms with E-state index in [1.54, 1.807) is 11.1 Å². The summed E-state index contributed by atoms with van der Waals surface area (Å²) in [4.78, 5) is 0. The molecule has 4 bridgehead atoms. The molecule has 2 aliphatic carbocycles. The Morgan fingerprint density at radius 1 is 0.667 bits per heavy atom. The third kappa shape index (κ3) is 3.08. The molecule has 142 valence electrons. The van der Waals surface area contributed by atoms with Crippen molar-refractivity contribution < 1.29 is 0 Å². The van der Waals surface area contributed by atoms with E-state index in [1.807, 2.05) is 0 Å². The highest BCUT2D eigenvalue weighted by Gasteiger charge is 2.43. The summed E-state index contributed by atoms with van der Waals surface area (Å²) < 4.78 is 0. The van der Waals surface area contributed by atoms with E-state index in [0.717, 1.165) is 0 Å². The van der Waals surface area contributed by atoms with Crippen molar-refractivity contribution in [3.63, 3.8) is 0 Å². The lowest BCUT2D eigenvalue weighted by atomic mass is 9.69. The molecule has 0 amide bonds. The van der Waals surface area contributed by atoms with E-state index < -0.39 is 0 Å². The van der Waals surface area contributed by atoms with E-state index in [0.29, 0.717) is 0 Å². The van der Waals surface area contributed by atoms with Crippen LogP contribution in [0.1, 0.15) is 100 Å². The van der Waals surface area contributed by atoms with Gasteiger partial charge in [-0.15, -0.1) is 0 Å². The Kier molecular flexibility index (Phi) is 5.26. The SMILES string of the molecule is C=C1c2ccc3c(c2)C(CCCCCC)(CCCCCC)c2cc1ccc2-3. The molecule has 0 saturated carbocycles. The maximum atomic E-state index is 4.40. The Hall–Kier alpha value is -1.82. The molecule has 27 heavy (non-hydrogen) atoms. The van der Waals surface area contributed by atoms with Gasteiger partial charge in [0.1, 0.15) is 0 Å². The van der Waals surface area contributed by atoms with Gasteiger partial charge in [0, 0.05) is 5.41 Å². The Bertz CT molecular complexity index is 770. The van der Waals surface area contributed by atoms with Crippen LogP contribution in [0, 0.1) is 0 Å². The van der Waals surface area contributed by atoms with Crippen molar-refractivity contribution in [2.45, 2.75) is 83.5 Å². The van der Waals surface area contributed by atoms with Gasteiger partial charge >= 0.3 is 0 Å². The van der Waals surface area contributed by atoms with Crippen LogP contribution in [0.15, 0.2) is 43.0 Å². The van der Waals surface area contributed by atoms with Gasteiger partial charge in [-0.05, 0) is 63.9 Å². The molecule has 0 N–H and O–H groups in total. The molecule has 0 radical (unpaired) electrons. The van der Waals surface area contributed by atoms with Crippen LogP contribution >= 0.6 is 0 Å². The average molecular weight is 359 g/mol. The lowest BCUT2D eigenvalue weighted by Crippen LogP contribution is -2.26. The normalized spacial score (nSPS) is 15.4. The van der Waals surface area contributed by atoms with Gasteiger partial charge in [-0.1, -0.05) is 96.1 Å². The summed E-state index contributed by atoms with van der Waals surface area (Å²) in [6.45, 7) is 9.02. The molecule has 2 aliphatic rings. The number of hydrogen-bond donors (Lipinski definition) is 0. The lowest BCUT2D eigenvalue weighted by Gasteiger charge is -2.34. The first-order valence-corrected chi connectivity index (χ1v) is 11.2. The van der Waals surface area contributed by atoms with E-state index in [2.05, 4.69) is 56.8 Å². The molecule has 0 unspecified atom stereocenters. The van der Waals surface area contributed by atoms with Gasteiger partial charge in [0.15, 0.2) is 0 Å². The highest BCUT2D eigenvalue weighted by Crippen LogP contribution is 2.56. The van der Waals surface area contributed by atoms with E-state index in [4.69, 9.17) is 0 Å². The number of unbranched alkanes of at least 4 members (excludes halogenated alkanes) is 6. The second-order valence-electron chi connectivity index (χ2n) is 8.70. The smallest absolute Gasteiger partial charge is 0.0215 e. The largest absolute Gasteiger partial charge is 0.0906 e. The second kappa shape index (κ2) is 7.66. The maximum absolute atomic E-state index is 4.40. The van der Waals surface area contributed by atoms with Crippen molar-refractivity contribution in [2.75, 3.05) is 0 Å². The Labute approximate surface area is 165 Å². The third-order valence-electron chi connectivity index (χ3n) is 6.97. The molecule has 0 atom stereocenters. The monoisotopic (exact) mass is 358 g/mol. The first-order valence-electron chi connectivity index (χ1n) is 11.2. The summed E-state index contributed by atoms with van der Waals surface area (Å²) in [5.41, 5.74) is 10.2. The summed E-state index contributed by atoms with van der Waals surface area (Å²) in [5, 5.41) is 0. The Morgan fingerprint density at radius 3 is 1.59 bits per heavy atom. The maximum Gasteiger partial charge on any atom is 0.0215 e. The predicted octanol–water partition coefficient (Wildman–Crippen LogP) is 8.27. The Balaban J connectivity index is 1.77. The minimum absolute atomic E-state index is 0.235. The van der Waals surface area contributed by atoms with Crippen LogP contribution in [-0.4, -0.2) is 0 Å². The molecule has 0 saturated heterocycles. The average Bonchev–Trinajstić information content (AvgIpc) is 3.04. The topological polar surface area (TPSA) is 0 Å². The first kappa shape index (κ1) is 18.5. The van der Waals surface area contributed by atoms with Gasteiger partial charge in [-0.3, -0.25) is 0 Å². The summed E-state index contributed by atoms with van der Waals surface area (Å²) in [5.74, 6) is 0. The highest BCUT2D eigenvalue weighted by atomic mass is 14.5. The fraction of sp³-hybridized carbons (Fsp3) is 0.481. The molecule has 0 nitrogen and oxygen atoms in total. The number of benzene rings is 2. The third-order valence-corrected chi connectivity index (χ3v) is 6.97. The molecule has 0 aromatic heterocycles. The zero-order valence-electron chi connectivity index (χ0n) is 17.2. The number of fused-ring (bicyclic) bond motifs is 3. The van der Waals surface area contributed by atoms with Gasteiger partial charge in [-0.2, -0.15) is 0 Å². The van der Waals surface area contributed by atoms with Gasteiger partial charge in [0.25, 0.3) is 0 Å². The molecule has 2 aromatic carbocycles. The number of rotatable bonds is 10. The predicted molar refractivity (Wildman–Crippen MR) is 118 cm³/mol. The fourth-order valence-corrected chi connectivity index (χ4v) is 5.41. The van der Waals surface area contributed by atoms with Crippen LogP contribution in [0.3, 0.4) is 0 Å². The van der Waals surface area contributed by atoms with Crippen molar-refractivity contribution in [1.82, 2.24) is 0 Å². The number of hydrogen-bond acceptors (Lipinski definition) is 0. The fourth-order valence-electron chi connectivity index (χ4n) is 5.41. The summed E-state index contributed by atoms with van der Waals surface area (Å²) in [6, 6.07) is 14.3. The van der Waals surface area contributed by atoms with Crippen LogP contribution in [0.2, 0.25) is 0 Å². The summed E-state index contributed by atoms with van der Waals surface area (Å²) >= 11 is 0. The molecule has 0 heterocycles. The highest BCUT2D eigenvalue weighted by molar-refractivity contribution is 5.90. The van der Waals surface area contributed by atoms with Crippen LogP contribution in [0.5, 0.6) is 0 Å². The minimum Gasteiger partial charge on any atom is -0.0906 e. The van der Waals surface area contributed by atoms with E-state index in [9.17, 15) is 0 Å². The molecule has 0 spiro atoms. The van der Waals surface area contributed by atoms with Crippen LogP contribution in [0.25, 0.3) is 16.7 Å². The molecular formula is C27H34. The van der Waals surface area contributed by atoms with Crippen molar-refractivity contribution in [3.8, 4) is 11.1 Å². The van der Waals surface area contributed by atoms with Crippen LogP contribution < -0.4 is 0 Å². The first-order chi connectivity index (χ1) is 13.2. The van der Waals surface area contributed by atoms with E-state index in [1.165, 1.54) is 92.0 Å². The van der Waals surface area contributed by atoms with Crippen LogP contribution in [0.4, 0.5) is 0 Å². The van der Waals surface area contributed by atoms with Gasteiger partial charge in [0.2, 0.25) is 0 Å². The van der Waals surface area contributed by atoms with Crippen molar-refractivity contribution in [3.05, 3.63) is 65.2 Å². The zero-order valence-corrected chi connectivity index (χ0v) is 17.2. The standard InChI is InChI=1S/C27H34/c1-4-6-8-10-16-27(17-11-9-7-5-2)25-18-21-12-14-23(25)24-15-13-22(20(21)3)19-26(24)27/h12-15,18-19H,3-11,16-17H2,1-2H3. The molecule has 4 rings (SSSR count). The van der Waals surface area contributed by atoms with Crippen LogP contribution in [-0.2, 0) is 5.41 Å². The van der Waals surface area contributed by atoms with Crippen molar-refractivity contribution in [2.24, 2.45) is 0 Å². The summed E-state index contributed by atoms with van der Waals surface area (Å²) in [6.07, 6.45) is 13.4. The van der Waals surface area contributed by atoms with Crippen molar-refractivity contribution >= 4 is 5.57 Å². The molecule has 2 aromatic rings. The van der Waals surface area contributed by atoms with E-state index in [-0.39, 0.29) is 5.41 Å². The molecule has 0 fully saturated rings. The quantitative estimate of drug-likeness (QED) is 0.320. The minimum atomic E-state index is 0.235. The van der Waals surface area contributed by atoms with Gasteiger partial charge < -0.3 is 0 Å². The summed E-state index contributed by atoms with van der Waals surface area (Å²) in [7, 11) is 0. The second-order valence-corrected chi connectivity index (χ2v) is 8.70. The zero-order chi connectivity index (χ0) is 18.9. The van der Waals surface area contributed by atoms with E-state index >= 15 is 0 Å². The lowest BCUT2D eigenvalue weighted by molar-refractivity contribution is 0.400. The van der Waals surface area contributed by atoms with Gasteiger partial charge in [0.05, 0.1) is 0 Å². The molecule has 0 heteroatoms. The Morgan fingerprint density at radius 2 is 1.15 bits per heavy atom. The van der Waals surface area contributed by atoms with Crippen molar-refractivity contribution in [1.29, 1.82) is 0 Å². The van der Waals surface area contributed by atoms with Gasteiger partial charge in [-0.25, -0.2) is 0 Å².